The number of nitrogens with two attached hydrogens (primary N) is 1. The molecule has 3 aliphatic rings. The second kappa shape index (κ2) is 5.31. The number of hydrogen-bond donors (Lipinski definition) is 2. The van der Waals surface area contributed by atoms with Crippen LogP contribution in [-0.2, 0) is 4.74 Å². The first-order valence-corrected chi connectivity index (χ1v) is 8.57. The molecule has 3 N–H and O–H groups in total. The molecule has 4 atom stereocenters. The van der Waals surface area contributed by atoms with Crippen molar-refractivity contribution < 1.29 is 4.74 Å². The molecule has 1 aliphatic carbocycles. The molecule has 4 heteroatoms. The highest BCUT2D eigenvalue weighted by Gasteiger charge is 2.45. The molecule has 0 aromatic rings. The van der Waals surface area contributed by atoms with E-state index >= 15 is 0 Å². The van der Waals surface area contributed by atoms with E-state index in [-0.39, 0.29) is 5.60 Å². The van der Waals surface area contributed by atoms with Gasteiger partial charge in [-0.2, -0.15) is 11.8 Å². The van der Waals surface area contributed by atoms with E-state index in [2.05, 4.69) is 24.1 Å². The Bertz CT molecular complexity index is 290. The standard InChI is InChI=1S/C14H26N2OS/c1-10(11-2-3-11)13(16-15)12-4-6-17-14(8-12)5-7-18-9-14/h10-13,16H,2-9,15H2,1H3. The molecule has 104 valence electrons. The summed E-state index contributed by atoms with van der Waals surface area (Å²) in [6.07, 6.45) is 6.45. The van der Waals surface area contributed by atoms with Crippen molar-refractivity contribution in [2.24, 2.45) is 23.6 Å². The van der Waals surface area contributed by atoms with E-state index in [9.17, 15) is 0 Å². The molecule has 0 amide bonds. The van der Waals surface area contributed by atoms with Crippen molar-refractivity contribution in [1.82, 2.24) is 5.43 Å². The van der Waals surface area contributed by atoms with E-state index in [0.717, 1.165) is 18.4 Å². The van der Waals surface area contributed by atoms with Crippen LogP contribution in [0.1, 0.15) is 39.0 Å². The van der Waals surface area contributed by atoms with Crippen LogP contribution in [0.5, 0.6) is 0 Å². The molecular formula is C14H26N2OS. The van der Waals surface area contributed by atoms with Gasteiger partial charge in [0, 0.05) is 18.4 Å². The third-order valence-corrected chi connectivity index (χ3v) is 6.45. The summed E-state index contributed by atoms with van der Waals surface area (Å²) in [4.78, 5) is 0. The third-order valence-electron chi connectivity index (χ3n) is 5.23. The smallest absolute Gasteiger partial charge is 0.0783 e. The minimum atomic E-state index is 0.186. The molecule has 0 aromatic heterocycles. The lowest BCUT2D eigenvalue weighted by Gasteiger charge is -2.42. The lowest BCUT2D eigenvalue weighted by atomic mass is 9.76. The maximum Gasteiger partial charge on any atom is 0.0783 e. The van der Waals surface area contributed by atoms with Crippen LogP contribution in [0.15, 0.2) is 0 Å². The molecule has 2 aliphatic heterocycles. The second-order valence-electron chi connectivity index (χ2n) is 6.48. The Morgan fingerprint density at radius 3 is 2.78 bits per heavy atom. The van der Waals surface area contributed by atoms with Gasteiger partial charge in [0.15, 0.2) is 0 Å². The van der Waals surface area contributed by atoms with Crippen molar-refractivity contribution >= 4 is 11.8 Å². The van der Waals surface area contributed by atoms with Gasteiger partial charge in [-0.15, -0.1) is 0 Å². The van der Waals surface area contributed by atoms with Crippen molar-refractivity contribution in [3.05, 3.63) is 0 Å². The number of thioether (sulfide) groups is 1. The first-order chi connectivity index (χ1) is 8.74. The quantitative estimate of drug-likeness (QED) is 0.607. The summed E-state index contributed by atoms with van der Waals surface area (Å²) >= 11 is 2.05. The van der Waals surface area contributed by atoms with Gasteiger partial charge in [-0.05, 0) is 55.6 Å². The fourth-order valence-corrected chi connectivity index (χ4v) is 5.25. The summed E-state index contributed by atoms with van der Waals surface area (Å²) in [5.74, 6) is 10.7. The van der Waals surface area contributed by atoms with Gasteiger partial charge in [0.05, 0.1) is 5.60 Å². The van der Waals surface area contributed by atoms with Crippen LogP contribution in [0.2, 0.25) is 0 Å². The summed E-state index contributed by atoms with van der Waals surface area (Å²) in [7, 11) is 0. The molecule has 1 spiro atoms. The van der Waals surface area contributed by atoms with Crippen molar-refractivity contribution in [2.75, 3.05) is 18.1 Å². The zero-order chi connectivity index (χ0) is 12.6. The molecule has 3 rings (SSSR count). The number of hydrogen-bond acceptors (Lipinski definition) is 4. The van der Waals surface area contributed by atoms with E-state index in [0.29, 0.717) is 12.0 Å². The van der Waals surface area contributed by atoms with E-state index < -0.39 is 0 Å². The molecule has 3 fully saturated rings. The summed E-state index contributed by atoms with van der Waals surface area (Å²) < 4.78 is 6.12. The molecule has 0 bridgehead atoms. The Balaban J connectivity index is 1.66. The third kappa shape index (κ3) is 2.58. The zero-order valence-electron chi connectivity index (χ0n) is 11.4. The van der Waals surface area contributed by atoms with E-state index in [4.69, 9.17) is 10.6 Å². The maximum absolute atomic E-state index is 6.12. The van der Waals surface area contributed by atoms with E-state index in [1.54, 1.807) is 0 Å². The highest BCUT2D eigenvalue weighted by Crippen LogP contribution is 2.45. The molecular weight excluding hydrogens is 244 g/mol. The molecule has 18 heavy (non-hydrogen) atoms. The van der Waals surface area contributed by atoms with E-state index in [1.807, 2.05) is 0 Å². The first kappa shape index (κ1) is 13.2. The predicted octanol–water partition coefficient (Wildman–Crippen LogP) is 2.17. The lowest BCUT2D eigenvalue weighted by molar-refractivity contribution is -0.0885. The van der Waals surface area contributed by atoms with Gasteiger partial charge in [0.2, 0.25) is 0 Å². The molecule has 0 radical (unpaired) electrons. The number of nitrogens with one attached hydrogen (secondary N) is 1. The van der Waals surface area contributed by atoms with E-state index in [1.165, 1.54) is 43.6 Å². The number of ether oxygens (including phenoxy) is 1. The average Bonchev–Trinajstić information content (AvgIpc) is 3.14. The normalized spacial score (nSPS) is 40.0. The highest BCUT2D eigenvalue weighted by atomic mass is 32.2. The predicted molar refractivity (Wildman–Crippen MR) is 76.3 cm³/mol. The Kier molecular flexibility index (Phi) is 3.90. The van der Waals surface area contributed by atoms with Crippen molar-refractivity contribution in [2.45, 2.75) is 50.7 Å². The minimum absolute atomic E-state index is 0.186. The summed E-state index contributed by atoms with van der Waals surface area (Å²) in [6.45, 7) is 3.31. The van der Waals surface area contributed by atoms with Crippen molar-refractivity contribution in [3.63, 3.8) is 0 Å². The topological polar surface area (TPSA) is 47.3 Å². The van der Waals surface area contributed by atoms with Crippen LogP contribution in [0.25, 0.3) is 0 Å². The fourth-order valence-electron chi connectivity index (χ4n) is 3.87. The van der Waals surface area contributed by atoms with Gasteiger partial charge in [-0.3, -0.25) is 11.3 Å². The highest BCUT2D eigenvalue weighted by molar-refractivity contribution is 7.99. The lowest BCUT2D eigenvalue weighted by Crippen LogP contribution is -2.51. The molecule has 1 saturated carbocycles. The Hall–Kier alpha value is 0.230. The molecule has 3 nitrogen and oxygen atoms in total. The van der Waals surface area contributed by atoms with Gasteiger partial charge in [0.25, 0.3) is 0 Å². The van der Waals surface area contributed by atoms with Crippen molar-refractivity contribution in [1.29, 1.82) is 0 Å². The Morgan fingerprint density at radius 1 is 1.33 bits per heavy atom. The molecule has 0 aromatic carbocycles. The number of rotatable bonds is 4. The molecule has 2 saturated heterocycles. The second-order valence-corrected chi connectivity index (χ2v) is 7.58. The first-order valence-electron chi connectivity index (χ1n) is 7.42. The van der Waals surface area contributed by atoms with Crippen LogP contribution in [0.4, 0.5) is 0 Å². The van der Waals surface area contributed by atoms with Crippen LogP contribution >= 0.6 is 11.8 Å². The molecule has 2 heterocycles. The zero-order valence-corrected chi connectivity index (χ0v) is 12.2. The summed E-state index contributed by atoms with van der Waals surface area (Å²) in [6, 6.07) is 0.490. The summed E-state index contributed by atoms with van der Waals surface area (Å²) in [5, 5.41) is 0. The van der Waals surface area contributed by atoms with Crippen LogP contribution in [-0.4, -0.2) is 29.8 Å². The van der Waals surface area contributed by atoms with Crippen molar-refractivity contribution in [3.8, 4) is 0 Å². The van der Waals surface area contributed by atoms with Gasteiger partial charge < -0.3 is 4.74 Å². The summed E-state index contributed by atoms with van der Waals surface area (Å²) in [5.41, 5.74) is 3.32. The van der Waals surface area contributed by atoms with Gasteiger partial charge >= 0.3 is 0 Å². The van der Waals surface area contributed by atoms with Crippen LogP contribution in [0, 0.1) is 17.8 Å². The van der Waals surface area contributed by atoms with Crippen LogP contribution in [0.3, 0.4) is 0 Å². The van der Waals surface area contributed by atoms with Gasteiger partial charge in [-0.25, -0.2) is 0 Å². The van der Waals surface area contributed by atoms with Gasteiger partial charge in [-0.1, -0.05) is 6.92 Å². The minimum Gasteiger partial charge on any atom is -0.374 e. The fraction of sp³-hybridized carbons (Fsp3) is 1.00. The number of hydrazine groups is 1. The SMILES string of the molecule is CC(C1CC1)C(NN)C1CCOC2(CCSC2)C1. The molecule has 4 unspecified atom stereocenters. The average molecular weight is 270 g/mol. The Labute approximate surface area is 115 Å². The largest absolute Gasteiger partial charge is 0.374 e. The van der Waals surface area contributed by atoms with Gasteiger partial charge in [0.1, 0.15) is 0 Å². The monoisotopic (exact) mass is 270 g/mol. The maximum atomic E-state index is 6.12. The Morgan fingerprint density at radius 2 is 2.17 bits per heavy atom. The van der Waals surface area contributed by atoms with Crippen LogP contribution < -0.4 is 11.3 Å².